The molecule has 2 atom stereocenters. The van der Waals surface area contributed by atoms with Crippen molar-refractivity contribution < 1.29 is 38.2 Å². The van der Waals surface area contributed by atoms with Crippen LogP contribution in [0.15, 0.2) is 25.3 Å². The Morgan fingerprint density at radius 1 is 1.11 bits per heavy atom. The van der Waals surface area contributed by atoms with E-state index in [1.165, 1.54) is 12.2 Å². The zero-order valence-electron chi connectivity index (χ0n) is 16.4. The van der Waals surface area contributed by atoms with Gasteiger partial charge in [-0.15, -0.1) is 0 Å². The molecule has 2 unspecified atom stereocenters. The van der Waals surface area contributed by atoms with Crippen LogP contribution in [0, 0.1) is 11.8 Å². The first-order valence-corrected chi connectivity index (χ1v) is 8.60. The van der Waals surface area contributed by atoms with Crippen molar-refractivity contribution >= 4 is 29.6 Å². The number of hydrogen-bond acceptors (Lipinski definition) is 8. The van der Waals surface area contributed by atoms with Crippen LogP contribution in [0.1, 0.15) is 20.8 Å². The van der Waals surface area contributed by atoms with Crippen LogP contribution in [0.3, 0.4) is 0 Å². The van der Waals surface area contributed by atoms with Crippen molar-refractivity contribution in [3.8, 4) is 0 Å². The van der Waals surface area contributed by atoms with Crippen molar-refractivity contribution in [2.75, 3.05) is 20.3 Å². The van der Waals surface area contributed by atoms with E-state index in [-0.39, 0.29) is 13.2 Å². The Hall–Kier alpha value is -2.97. The second kappa shape index (κ2) is 9.29. The summed E-state index contributed by atoms with van der Waals surface area (Å²) in [5.41, 5.74) is -2.43. The zero-order chi connectivity index (χ0) is 21.6. The van der Waals surface area contributed by atoms with Gasteiger partial charge in [0.05, 0.1) is 7.11 Å². The van der Waals surface area contributed by atoms with Crippen LogP contribution in [-0.2, 0) is 38.2 Å². The van der Waals surface area contributed by atoms with E-state index in [2.05, 4.69) is 13.2 Å². The summed E-state index contributed by atoms with van der Waals surface area (Å²) >= 11 is 0. The minimum atomic E-state index is -2.43. The van der Waals surface area contributed by atoms with Crippen LogP contribution in [0.4, 0.5) is 0 Å². The lowest BCUT2D eigenvalue weighted by atomic mass is 9.68. The maximum Gasteiger partial charge on any atom is 0.345 e. The smallest absolute Gasteiger partial charge is 0.345 e. The van der Waals surface area contributed by atoms with E-state index in [0.29, 0.717) is 0 Å². The van der Waals surface area contributed by atoms with Gasteiger partial charge in [0, 0.05) is 0 Å². The van der Waals surface area contributed by atoms with Gasteiger partial charge in [0.25, 0.3) is 5.54 Å². The summed E-state index contributed by atoms with van der Waals surface area (Å²) in [4.78, 5) is 63.9. The number of likely N-dealkylation sites (tertiary alicyclic amines) is 1. The van der Waals surface area contributed by atoms with E-state index in [9.17, 15) is 24.0 Å². The van der Waals surface area contributed by atoms with E-state index in [0.717, 1.165) is 18.9 Å². The average Bonchev–Trinajstić information content (AvgIpc) is 2.64. The van der Waals surface area contributed by atoms with Gasteiger partial charge in [-0.1, -0.05) is 39.2 Å². The van der Waals surface area contributed by atoms with Crippen molar-refractivity contribution in [3.63, 3.8) is 0 Å². The Morgan fingerprint density at radius 3 is 1.89 bits per heavy atom. The predicted molar refractivity (Wildman–Crippen MR) is 96.7 cm³/mol. The topological polar surface area (TPSA) is 116 Å². The normalized spacial score (nSPS) is 18.5. The van der Waals surface area contributed by atoms with Crippen molar-refractivity contribution in [2.24, 2.45) is 11.8 Å². The van der Waals surface area contributed by atoms with Gasteiger partial charge >= 0.3 is 17.9 Å². The van der Waals surface area contributed by atoms with E-state index >= 15 is 0 Å². The molecule has 0 saturated carbocycles. The molecule has 0 aliphatic carbocycles. The highest BCUT2D eigenvalue weighted by molar-refractivity contribution is 6.25. The van der Waals surface area contributed by atoms with Crippen molar-refractivity contribution in [3.05, 3.63) is 25.3 Å². The minimum Gasteiger partial charge on any atom is -0.467 e. The number of β-lactam (4-membered cyclic amide) rings is 1. The van der Waals surface area contributed by atoms with E-state index < -0.39 is 53.0 Å². The molecule has 0 spiro atoms. The molecule has 1 fully saturated rings. The fourth-order valence-corrected chi connectivity index (χ4v) is 3.19. The monoisotopic (exact) mass is 395 g/mol. The standard InChI is InChI=1S/C19H25NO8/c1-7-9-27-17(24)19(18(25)28-10-8-2)13(12(5)21)15(22)20(19)14(11(3)4)16(23)26-6/h7-8,11,13-14H,1-2,9-10H2,3-6H3. The molecule has 1 aliphatic heterocycles. The number of amides is 1. The molecule has 154 valence electrons. The SMILES string of the molecule is C=CCOC(=O)C1(C(=O)OCC=C)C(C(C)=O)C(=O)N1C(C(=O)OC)C(C)C. The minimum absolute atomic E-state index is 0.271. The Balaban J connectivity index is 3.65. The number of ether oxygens (including phenoxy) is 3. The summed E-state index contributed by atoms with van der Waals surface area (Å²) in [5, 5.41) is 0. The highest BCUT2D eigenvalue weighted by Crippen LogP contribution is 2.44. The third-order valence-corrected chi connectivity index (χ3v) is 4.33. The van der Waals surface area contributed by atoms with Crippen molar-refractivity contribution in [1.29, 1.82) is 0 Å². The van der Waals surface area contributed by atoms with E-state index in [4.69, 9.17) is 14.2 Å². The summed E-state index contributed by atoms with van der Waals surface area (Å²) < 4.78 is 14.8. The second-order valence-corrected chi connectivity index (χ2v) is 6.50. The summed E-state index contributed by atoms with van der Waals surface area (Å²) in [6.45, 7) is 10.6. The molecule has 9 nitrogen and oxygen atoms in total. The van der Waals surface area contributed by atoms with Gasteiger partial charge in [0.15, 0.2) is 0 Å². The van der Waals surface area contributed by atoms with Gasteiger partial charge in [-0.2, -0.15) is 0 Å². The highest BCUT2D eigenvalue weighted by atomic mass is 16.6. The summed E-state index contributed by atoms with van der Waals surface area (Å²) in [5.74, 6) is -7.02. The molecule has 0 aromatic carbocycles. The number of rotatable bonds is 10. The molecule has 0 bridgehead atoms. The first-order chi connectivity index (χ1) is 13.1. The lowest BCUT2D eigenvalue weighted by Crippen LogP contribution is -2.83. The third-order valence-electron chi connectivity index (χ3n) is 4.33. The lowest BCUT2D eigenvalue weighted by molar-refractivity contribution is -0.211. The summed E-state index contributed by atoms with van der Waals surface area (Å²) in [6, 6.07) is -1.30. The summed E-state index contributed by atoms with van der Waals surface area (Å²) in [6.07, 6.45) is 2.52. The molecule has 1 rings (SSSR count). The molecule has 0 aromatic heterocycles. The van der Waals surface area contributed by atoms with Gasteiger partial charge < -0.3 is 19.1 Å². The van der Waals surface area contributed by atoms with Crippen LogP contribution in [0.5, 0.6) is 0 Å². The fraction of sp³-hybridized carbons (Fsp3) is 0.526. The van der Waals surface area contributed by atoms with Gasteiger partial charge in [0.2, 0.25) is 5.91 Å². The van der Waals surface area contributed by atoms with E-state index in [1.54, 1.807) is 13.8 Å². The lowest BCUT2D eigenvalue weighted by Gasteiger charge is -2.54. The van der Waals surface area contributed by atoms with Crippen LogP contribution in [0.25, 0.3) is 0 Å². The molecule has 0 aromatic rings. The second-order valence-electron chi connectivity index (χ2n) is 6.50. The highest BCUT2D eigenvalue weighted by Gasteiger charge is 2.76. The van der Waals surface area contributed by atoms with Gasteiger partial charge in [-0.25, -0.2) is 14.4 Å². The number of carbonyl (C=O) groups is 5. The summed E-state index contributed by atoms with van der Waals surface area (Å²) in [7, 11) is 1.11. The van der Waals surface area contributed by atoms with Crippen LogP contribution < -0.4 is 0 Å². The maximum absolute atomic E-state index is 12.9. The predicted octanol–water partition coefficient (Wildman–Crippen LogP) is 0.429. The Morgan fingerprint density at radius 2 is 1.57 bits per heavy atom. The fourth-order valence-electron chi connectivity index (χ4n) is 3.19. The zero-order valence-corrected chi connectivity index (χ0v) is 16.4. The third kappa shape index (κ3) is 3.69. The number of ketones is 1. The average molecular weight is 395 g/mol. The Kier molecular flexibility index (Phi) is 7.66. The molecule has 1 heterocycles. The van der Waals surface area contributed by atoms with Crippen molar-refractivity contribution in [2.45, 2.75) is 32.4 Å². The first-order valence-electron chi connectivity index (χ1n) is 8.60. The number of Topliss-reactive ketones (excluding diaryl/α,β-unsaturated/α-hetero) is 1. The largest absolute Gasteiger partial charge is 0.467 e. The van der Waals surface area contributed by atoms with Gasteiger partial charge in [-0.05, 0) is 12.8 Å². The van der Waals surface area contributed by atoms with E-state index in [1.807, 2.05) is 0 Å². The van der Waals surface area contributed by atoms with Crippen LogP contribution >= 0.6 is 0 Å². The number of methoxy groups -OCH3 is 1. The van der Waals surface area contributed by atoms with Gasteiger partial charge in [-0.3, -0.25) is 9.59 Å². The molecular formula is C19H25NO8. The number of esters is 3. The number of hydrogen-bond donors (Lipinski definition) is 0. The molecule has 1 amide bonds. The van der Waals surface area contributed by atoms with Crippen LogP contribution in [0.2, 0.25) is 0 Å². The van der Waals surface area contributed by atoms with Crippen LogP contribution in [-0.4, -0.2) is 66.4 Å². The maximum atomic E-state index is 12.9. The molecule has 1 aliphatic rings. The molecule has 0 N–H and O–H groups in total. The first kappa shape index (κ1) is 23.1. The van der Waals surface area contributed by atoms with Crippen molar-refractivity contribution in [1.82, 2.24) is 4.90 Å². The molecule has 9 heteroatoms. The molecule has 28 heavy (non-hydrogen) atoms. The molecule has 0 radical (unpaired) electrons. The number of carbonyl (C=O) groups excluding carboxylic acids is 5. The quantitative estimate of drug-likeness (QED) is 0.172. The Bertz CT molecular complexity index is 672. The molecule has 1 saturated heterocycles. The van der Waals surface area contributed by atoms with Gasteiger partial charge in [0.1, 0.15) is 31.0 Å². The Labute approximate surface area is 163 Å². The molecular weight excluding hydrogens is 370 g/mol. The number of nitrogens with zero attached hydrogens (tertiary/aromatic N) is 1.